The predicted octanol–water partition coefficient (Wildman–Crippen LogP) is 1.74. The van der Waals surface area contributed by atoms with E-state index < -0.39 is 12.0 Å². The number of hydrogen-bond acceptors (Lipinski definition) is 5. The number of tetrazole rings is 1. The maximum absolute atomic E-state index is 11.3. The number of fused-ring (bicyclic) bond motifs is 1. The first-order valence-electron chi connectivity index (χ1n) is 8.97. The Hall–Kier alpha value is -2.28. The third kappa shape index (κ3) is 3.42. The summed E-state index contributed by atoms with van der Waals surface area (Å²) >= 11 is 0. The topological polar surface area (TPSA) is 104 Å². The van der Waals surface area contributed by atoms with Crippen LogP contribution in [0.4, 0.5) is 0 Å². The molecule has 1 saturated heterocycles. The lowest BCUT2D eigenvalue weighted by molar-refractivity contribution is -0.141. The highest BCUT2D eigenvalue weighted by Crippen LogP contribution is 2.43. The first-order valence-corrected chi connectivity index (χ1v) is 8.97. The zero-order valence-electron chi connectivity index (χ0n) is 14.1. The molecule has 7 nitrogen and oxygen atoms in total. The van der Waals surface area contributed by atoms with Crippen LogP contribution in [0, 0.1) is 11.8 Å². The lowest BCUT2D eigenvalue weighted by Gasteiger charge is -2.42. The summed E-state index contributed by atoms with van der Waals surface area (Å²) in [5, 5.41) is 26.8. The number of aromatic amines is 1. The minimum atomic E-state index is -0.724. The van der Waals surface area contributed by atoms with Gasteiger partial charge in [0, 0.05) is 6.42 Å². The maximum Gasteiger partial charge on any atom is 0.320 e. The van der Waals surface area contributed by atoms with Gasteiger partial charge < -0.3 is 10.4 Å². The van der Waals surface area contributed by atoms with Gasteiger partial charge >= 0.3 is 5.97 Å². The van der Waals surface area contributed by atoms with Crippen LogP contribution < -0.4 is 5.32 Å². The molecule has 2 aromatic rings. The van der Waals surface area contributed by atoms with Gasteiger partial charge in [0.15, 0.2) is 5.82 Å². The Morgan fingerprint density at radius 1 is 1.20 bits per heavy atom. The van der Waals surface area contributed by atoms with Crippen LogP contribution in [0.1, 0.15) is 48.6 Å². The molecule has 1 aliphatic carbocycles. The Bertz CT molecular complexity index is 733. The van der Waals surface area contributed by atoms with E-state index in [9.17, 15) is 9.90 Å². The third-order valence-electron chi connectivity index (χ3n) is 5.84. The normalized spacial score (nSPS) is 29.1. The summed E-state index contributed by atoms with van der Waals surface area (Å²) in [5.41, 5.74) is 2.60. The summed E-state index contributed by atoms with van der Waals surface area (Å²) < 4.78 is 0. The molecule has 2 fully saturated rings. The average Bonchev–Trinajstić information content (AvgIpc) is 3.14. The van der Waals surface area contributed by atoms with E-state index in [2.05, 4.69) is 50.2 Å². The van der Waals surface area contributed by atoms with Gasteiger partial charge in [-0.1, -0.05) is 29.5 Å². The number of aliphatic carboxylic acids is 1. The first-order chi connectivity index (χ1) is 12.2. The van der Waals surface area contributed by atoms with Gasteiger partial charge in [0.05, 0.1) is 0 Å². The summed E-state index contributed by atoms with van der Waals surface area (Å²) in [5.74, 6) is 1.56. The zero-order valence-corrected chi connectivity index (χ0v) is 14.1. The highest BCUT2D eigenvalue weighted by Gasteiger charge is 2.38. The van der Waals surface area contributed by atoms with E-state index in [-0.39, 0.29) is 0 Å². The van der Waals surface area contributed by atoms with Crippen LogP contribution in [0.5, 0.6) is 0 Å². The van der Waals surface area contributed by atoms with E-state index in [1.165, 1.54) is 11.1 Å². The summed E-state index contributed by atoms with van der Waals surface area (Å²) in [4.78, 5) is 11.3. The molecule has 25 heavy (non-hydrogen) atoms. The van der Waals surface area contributed by atoms with E-state index in [0.717, 1.165) is 32.2 Å². The Kier molecular flexibility index (Phi) is 4.48. The van der Waals surface area contributed by atoms with E-state index in [4.69, 9.17) is 0 Å². The second-order valence-corrected chi connectivity index (χ2v) is 7.27. The van der Waals surface area contributed by atoms with Gasteiger partial charge in [-0.05, 0) is 61.1 Å². The van der Waals surface area contributed by atoms with Gasteiger partial charge in [-0.3, -0.25) is 4.79 Å². The van der Waals surface area contributed by atoms with Gasteiger partial charge in [0.1, 0.15) is 6.04 Å². The van der Waals surface area contributed by atoms with Crippen molar-refractivity contribution in [3.05, 3.63) is 41.2 Å². The number of carbonyl (C=O) groups is 1. The van der Waals surface area contributed by atoms with Gasteiger partial charge in [0.2, 0.25) is 0 Å². The van der Waals surface area contributed by atoms with Crippen molar-refractivity contribution in [1.82, 2.24) is 25.9 Å². The molecule has 3 N–H and O–H groups in total. The van der Waals surface area contributed by atoms with Gasteiger partial charge in [-0.15, -0.1) is 10.2 Å². The minimum Gasteiger partial charge on any atom is -0.480 e. The number of rotatable bonds is 4. The molecule has 0 radical (unpaired) electrons. The number of nitrogens with one attached hydrogen (secondary N) is 2. The monoisotopic (exact) mass is 341 g/mol. The predicted molar refractivity (Wildman–Crippen MR) is 91.0 cm³/mol. The fourth-order valence-corrected chi connectivity index (χ4v) is 4.56. The van der Waals surface area contributed by atoms with Crippen LogP contribution in [0.3, 0.4) is 0 Å². The molecule has 0 unspecified atom stereocenters. The molecule has 4 rings (SSSR count). The fraction of sp³-hybridized carbons (Fsp3) is 0.556. The van der Waals surface area contributed by atoms with Crippen LogP contribution in [-0.4, -0.2) is 44.3 Å². The smallest absolute Gasteiger partial charge is 0.320 e. The van der Waals surface area contributed by atoms with Crippen molar-refractivity contribution in [3.8, 4) is 0 Å². The van der Waals surface area contributed by atoms with Crippen molar-refractivity contribution in [2.75, 3.05) is 6.54 Å². The van der Waals surface area contributed by atoms with Crippen molar-refractivity contribution in [1.29, 1.82) is 0 Å². The lowest BCUT2D eigenvalue weighted by Crippen LogP contribution is -2.49. The molecule has 132 valence electrons. The number of piperidine rings is 1. The van der Waals surface area contributed by atoms with Crippen LogP contribution in [0.15, 0.2) is 24.3 Å². The standard InChI is InChI=1S/C18H23N5O2/c24-18(25)16-8-14-7-12(5-6-13(14)10-19-16)15-4-2-1-3-11(15)9-17-20-22-23-21-17/h1-4,12-14,16,19H,5-10H2,(H,24,25)(H,20,21,22,23)/t12-,13-,14+,16-/m0/s1. The highest BCUT2D eigenvalue weighted by molar-refractivity contribution is 5.73. The van der Waals surface area contributed by atoms with Gasteiger partial charge in [0.25, 0.3) is 0 Å². The van der Waals surface area contributed by atoms with Crippen molar-refractivity contribution in [3.63, 3.8) is 0 Å². The van der Waals surface area contributed by atoms with E-state index in [1.807, 2.05) is 0 Å². The molecule has 0 spiro atoms. The average molecular weight is 341 g/mol. The number of carboxylic acids is 1. The van der Waals surface area contributed by atoms with E-state index in [0.29, 0.717) is 30.0 Å². The highest BCUT2D eigenvalue weighted by atomic mass is 16.4. The fourth-order valence-electron chi connectivity index (χ4n) is 4.56. The molecule has 2 aliphatic rings. The lowest BCUT2D eigenvalue weighted by atomic mass is 9.67. The number of carboxylic acid groups (broad SMARTS) is 1. The summed E-state index contributed by atoms with van der Waals surface area (Å²) in [6.45, 7) is 0.832. The summed E-state index contributed by atoms with van der Waals surface area (Å²) in [7, 11) is 0. The molecule has 1 aliphatic heterocycles. The van der Waals surface area contributed by atoms with E-state index in [1.54, 1.807) is 0 Å². The quantitative estimate of drug-likeness (QED) is 0.782. The third-order valence-corrected chi connectivity index (χ3v) is 5.84. The second kappa shape index (κ2) is 6.92. The van der Waals surface area contributed by atoms with Crippen molar-refractivity contribution < 1.29 is 9.90 Å². The molecule has 1 aromatic carbocycles. The van der Waals surface area contributed by atoms with Crippen LogP contribution >= 0.6 is 0 Å². The van der Waals surface area contributed by atoms with Crippen molar-refractivity contribution in [2.24, 2.45) is 11.8 Å². The van der Waals surface area contributed by atoms with Crippen LogP contribution in [0.25, 0.3) is 0 Å². The van der Waals surface area contributed by atoms with Crippen molar-refractivity contribution >= 4 is 5.97 Å². The van der Waals surface area contributed by atoms with Crippen LogP contribution in [-0.2, 0) is 11.2 Å². The Morgan fingerprint density at radius 2 is 2.08 bits per heavy atom. The molecule has 0 amide bonds. The molecular formula is C18H23N5O2. The minimum absolute atomic E-state index is 0.394. The second-order valence-electron chi connectivity index (χ2n) is 7.27. The van der Waals surface area contributed by atoms with Crippen molar-refractivity contribution in [2.45, 2.75) is 44.1 Å². The molecular weight excluding hydrogens is 318 g/mol. The Balaban J connectivity index is 1.52. The summed E-state index contributed by atoms with van der Waals surface area (Å²) in [6, 6.07) is 8.09. The zero-order chi connectivity index (χ0) is 17.2. The molecule has 1 aromatic heterocycles. The molecule has 2 heterocycles. The number of aromatic nitrogens is 4. The largest absolute Gasteiger partial charge is 0.480 e. The maximum atomic E-state index is 11.3. The number of H-pyrrole nitrogens is 1. The van der Waals surface area contributed by atoms with Gasteiger partial charge in [-0.25, -0.2) is 0 Å². The van der Waals surface area contributed by atoms with E-state index >= 15 is 0 Å². The molecule has 7 heteroatoms. The molecule has 1 saturated carbocycles. The Labute approximate surface area is 146 Å². The number of benzene rings is 1. The van der Waals surface area contributed by atoms with Crippen LogP contribution in [0.2, 0.25) is 0 Å². The summed E-state index contributed by atoms with van der Waals surface area (Å²) in [6.07, 6.45) is 4.80. The first kappa shape index (κ1) is 16.2. The molecule has 4 atom stereocenters. The Morgan fingerprint density at radius 3 is 2.88 bits per heavy atom. The SMILES string of the molecule is O=C(O)[C@@H]1C[C@H]2C[C@@H](c3ccccc3Cc3nn[nH]n3)CC[C@H]2CN1. The number of nitrogens with zero attached hydrogens (tertiary/aromatic N) is 3. The number of hydrogen-bond donors (Lipinski definition) is 3. The van der Waals surface area contributed by atoms with Gasteiger partial charge in [-0.2, -0.15) is 5.21 Å². The molecule has 0 bridgehead atoms.